The zero-order valence-corrected chi connectivity index (χ0v) is 21.5. The van der Waals surface area contributed by atoms with Crippen molar-refractivity contribution in [3.8, 4) is 0 Å². The van der Waals surface area contributed by atoms with Gasteiger partial charge >= 0.3 is 0 Å². The zero-order valence-electron chi connectivity index (χ0n) is 20.7. The lowest BCUT2D eigenvalue weighted by atomic mass is 9.68. The van der Waals surface area contributed by atoms with Gasteiger partial charge in [-0.2, -0.15) is 0 Å². The van der Waals surface area contributed by atoms with Crippen molar-refractivity contribution in [1.29, 1.82) is 0 Å². The third-order valence-corrected chi connectivity index (χ3v) is 9.14. The second kappa shape index (κ2) is 11.9. The van der Waals surface area contributed by atoms with Gasteiger partial charge in [-0.3, -0.25) is 0 Å². The smallest absolute Gasteiger partial charge is 0.0459 e. The summed E-state index contributed by atoms with van der Waals surface area (Å²) in [6, 6.07) is 0.567. The number of hydrogen-bond acceptors (Lipinski definition) is 3. The fourth-order valence-corrected chi connectivity index (χ4v) is 6.73. The van der Waals surface area contributed by atoms with Crippen molar-refractivity contribution in [3.63, 3.8) is 0 Å². The van der Waals surface area contributed by atoms with E-state index in [1.54, 1.807) is 5.57 Å². The molecule has 6 atom stereocenters. The maximum atomic E-state index is 9.57. The van der Waals surface area contributed by atoms with Crippen molar-refractivity contribution in [2.45, 2.75) is 96.9 Å². The van der Waals surface area contributed by atoms with Crippen LogP contribution in [0.4, 0.5) is 0 Å². The normalized spacial score (nSPS) is 34.2. The molecule has 4 heteroatoms. The van der Waals surface area contributed by atoms with Crippen molar-refractivity contribution in [2.75, 3.05) is 32.8 Å². The van der Waals surface area contributed by atoms with Gasteiger partial charge in [0.25, 0.3) is 0 Å². The predicted molar refractivity (Wildman–Crippen MR) is 134 cm³/mol. The number of likely N-dealkylation sites (tertiary alicyclic amines) is 1. The number of allylic oxidation sites excluding steroid dienone is 2. The molecule has 0 amide bonds. The van der Waals surface area contributed by atoms with Gasteiger partial charge < -0.3 is 15.3 Å². The standard InChI is InChI=1S/C27H49ClN2O/c1-5-20(2)26(29-16-21-7-6-8-22(15-21)18-31)17-30-14-13-25(27(3,4)19-30)23-9-11-24(28)12-10-23/h9,20-22,24-26,29,31H,5-8,10-19H2,1-4H3/t20-,21?,22?,24?,25?,26-/m0/s1. The molecule has 1 heterocycles. The van der Waals surface area contributed by atoms with Crippen molar-refractivity contribution < 1.29 is 5.11 Å². The maximum absolute atomic E-state index is 9.57. The molecule has 0 aromatic carbocycles. The molecular weight excluding hydrogens is 404 g/mol. The van der Waals surface area contributed by atoms with Gasteiger partial charge in [-0.1, -0.05) is 52.2 Å². The van der Waals surface area contributed by atoms with E-state index in [4.69, 9.17) is 11.6 Å². The number of alkyl halides is 1. The van der Waals surface area contributed by atoms with E-state index in [2.05, 4.69) is 44.0 Å². The molecule has 2 N–H and O–H groups in total. The molecule has 0 aromatic heterocycles. The molecule has 3 nitrogen and oxygen atoms in total. The van der Waals surface area contributed by atoms with Crippen LogP contribution in [-0.2, 0) is 0 Å². The van der Waals surface area contributed by atoms with Crippen LogP contribution in [0.3, 0.4) is 0 Å². The molecule has 31 heavy (non-hydrogen) atoms. The summed E-state index contributed by atoms with van der Waals surface area (Å²) in [6.07, 6.45) is 13.4. The summed E-state index contributed by atoms with van der Waals surface area (Å²) in [6.45, 7) is 14.8. The number of aliphatic hydroxyl groups excluding tert-OH is 1. The van der Waals surface area contributed by atoms with Crippen LogP contribution in [0.25, 0.3) is 0 Å². The van der Waals surface area contributed by atoms with E-state index in [9.17, 15) is 5.11 Å². The fourth-order valence-electron chi connectivity index (χ4n) is 6.53. The first-order chi connectivity index (χ1) is 14.8. The minimum absolute atomic E-state index is 0.334. The lowest BCUT2D eigenvalue weighted by Crippen LogP contribution is -2.53. The van der Waals surface area contributed by atoms with E-state index < -0.39 is 0 Å². The van der Waals surface area contributed by atoms with Crippen LogP contribution in [0.2, 0.25) is 0 Å². The van der Waals surface area contributed by atoms with Crippen molar-refractivity contribution in [2.24, 2.45) is 29.1 Å². The average Bonchev–Trinajstić information content (AvgIpc) is 2.76. The van der Waals surface area contributed by atoms with Crippen LogP contribution in [0.15, 0.2) is 11.6 Å². The Hall–Kier alpha value is -0.0900. The molecule has 0 bridgehead atoms. The minimum atomic E-state index is 0.334. The highest BCUT2D eigenvalue weighted by Gasteiger charge is 2.39. The summed E-state index contributed by atoms with van der Waals surface area (Å²) in [7, 11) is 0. The molecule has 180 valence electrons. The molecule has 1 saturated heterocycles. The first-order valence-corrected chi connectivity index (χ1v) is 13.7. The fraction of sp³-hybridized carbons (Fsp3) is 0.926. The Bertz CT molecular complexity index is 578. The van der Waals surface area contributed by atoms with Crippen LogP contribution in [0.1, 0.15) is 85.5 Å². The van der Waals surface area contributed by atoms with Gasteiger partial charge in [0.1, 0.15) is 0 Å². The zero-order chi connectivity index (χ0) is 22.4. The molecule has 1 saturated carbocycles. The Morgan fingerprint density at radius 3 is 2.65 bits per heavy atom. The van der Waals surface area contributed by atoms with Crippen LogP contribution < -0.4 is 5.32 Å². The molecule has 0 radical (unpaired) electrons. The Labute approximate surface area is 197 Å². The molecule has 2 fully saturated rings. The molecule has 1 aliphatic heterocycles. The second-order valence-electron chi connectivity index (χ2n) is 11.7. The minimum Gasteiger partial charge on any atom is -0.396 e. The molecule has 0 spiro atoms. The maximum Gasteiger partial charge on any atom is 0.0459 e. The number of rotatable bonds is 9. The van der Waals surface area contributed by atoms with Gasteiger partial charge in [0.05, 0.1) is 0 Å². The monoisotopic (exact) mass is 452 g/mol. The van der Waals surface area contributed by atoms with E-state index in [0.29, 0.717) is 35.3 Å². The highest BCUT2D eigenvalue weighted by atomic mass is 35.5. The highest BCUT2D eigenvalue weighted by molar-refractivity contribution is 6.20. The molecule has 2 aliphatic carbocycles. The van der Waals surface area contributed by atoms with Gasteiger partial charge in [0, 0.05) is 31.1 Å². The van der Waals surface area contributed by atoms with Crippen LogP contribution in [-0.4, -0.2) is 54.2 Å². The van der Waals surface area contributed by atoms with Gasteiger partial charge in [0.2, 0.25) is 0 Å². The third kappa shape index (κ3) is 7.19. The van der Waals surface area contributed by atoms with Crippen molar-refractivity contribution in [1.82, 2.24) is 10.2 Å². The first-order valence-electron chi connectivity index (χ1n) is 13.2. The summed E-state index contributed by atoms with van der Waals surface area (Å²) in [5, 5.41) is 13.9. The lowest BCUT2D eigenvalue weighted by Gasteiger charge is -2.47. The van der Waals surface area contributed by atoms with Crippen molar-refractivity contribution in [3.05, 3.63) is 11.6 Å². The summed E-state index contributed by atoms with van der Waals surface area (Å²) in [5.41, 5.74) is 2.02. The SMILES string of the molecule is CC[C@H](C)[C@H](CN1CCC(C2=CCC(Cl)CC2)C(C)(C)C1)NCC1CCCC(CO)C1. The van der Waals surface area contributed by atoms with E-state index in [0.717, 1.165) is 31.2 Å². The van der Waals surface area contributed by atoms with Crippen LogP contribution >= 0.6 is 11.6 Å². The number of piperidine rings is 1. The number of nitrogens with one attached hydrogen (secondary N) is 1. The van der Waals surface area contributed by atoms with E-state index in [1.807, 2.05) is 0 Å². The lowest BCUT2D eigenvalue weighted by molar-refractivity contribution is 0.0576. The summed E-state index contributed by atoms with van der Waals surface area (Å²) in [5.74, 6) is 2.69. The average molecular weight is 453 g/mol. The molecular formula is C27H49ClN2O. The molecule has 0 aromatic rings. The molecule has 3 aliphatic rings. The van der Waals surface area contributed by atoms with Crippen LogP contribution in [0.5, 0.6) is 0 Å². The topological polar surface area (TPSA) is 35.5 Å². The van der Waals surface area contributed by atoms with Crippen LogP contribution in [0, 0.1) is 29.1 Å². The predicted octanol–water partition coefficient (Wildman–Crippen LogP) is 5.86. The molecule has 3 rings (SSSR count). The Balaban J connectivity index is 1.54. The number of aliphatic hydroxyl groups is 1. The number of halogens is 1. The number of nitrogens with zero attached hydrogens (tertiary/aromatic N) is 1. The summed E-state index contributed by atoms with van der Waals surface area (Å²) in [4.78, 5) is 2.74. The van der Waals surface area contributed by atoms with Gasteiger partial charge in [-0.05, 0) is 87.1 Å². The number of hydrogen-bond donors (Lipinski definition) is 2. The summed E-state index contributed by atoms with van der Waals surface area (Å²) >= 11 is 6.35. The van der Waals surface area contributed by atoms with E-state index in [-0.39, 0.29) is 0 Å². The van der Waals surface area contributed by atoms with E-state index >= 15 is 0 Å². The summed E-state index contributed by atoms with van der Waals surface area (Å²) < 4.78 is 0. The Kier molecular flexibility index (Phi) is 9.77. The Morgan fingerprint density at radius 2 is 2.00 bits per heavy atom. The van der Waals surface area contributed by atoms with Crippen molar-refractivity contribution >= 4 is 11.6 Å². The Morgan fingerprint density at radius 1 is 1.23 bits per heavy atom. The molecule has 4 unspecified atom stereocenters. The third-order valence-electron chi connectivity index (χ3n) is 8.74. The second-order valence-corrected chi connectivity index (χ2v) is 12.3. The largest absolute Gasteiger partial charge is 0.396 e. The first kappa shape index (κ1) is 25.5. The van der Waals surface area contributed by atoms with E-state index in [1.165, 1.54) is 64.6 Å². The van der Waals surface area contributed by atoms with Gasteiger partial charge in [0.15, 0.2) is 0 Å². The highest BCUT2D eigenvalue weighted by Crippen LogP contribution is 2.43. The van der Waals surface area contributed by atoms with Gasteiger partial charge in [-0.15, -0.1) is 11.6 Å². The van der Waals surface area contributed by atoms with Gasteiger partial charge in [-0.25, -0.2) is 0 Å². The quantitative estimate of drug-likeness (QED) is 0.340.